The van der Waals surface area contributed by atoms with Crippen LogP contribution in [0.4, 0.5) is 13.2 Å². The van der Waals surface area contributed by atoms with Gasteiger partial charge in [0, 0.05) is 30.5 Å². The lowest BCUT2D eigenvalue weighted by Gasteiger charge is -2.41. The normalized spacial score (nSPS) is 28.1. The smallest absolute Gasteiger partial charge is 0.400 e. The van der Waals surface area contributed by atoms with Crippen LogP contribution in [0.15, 0.2) is 42.5 Å². The van der Waals surface area contributed by atoms with Crippen molar-refractivity contribution in [2.75, 3.05) is 13.2 Å². The van der Waals surface area contributed by atoms with Crippen LogP contribution in [0.1, 0.15) is 97.9 Å². The highest BCUT2D eigenvalue weighted by Crippen LogP contribution is 2.46. The van der Waals surface area contributed by atoms with E-state index in [9.17, 15) is 4.39 Å². The molecule has 2 aromatic rings. The Bertz CT molecular complexity index is 1220. The third-order valence-electron chi connectivity index (χ3n) is 9.98. The first-order valence-corrected chi connectivity index (χ1v) is 16.5. The Morgan fingerprint density at radius 1 is 0.860 bits per heavy atom. The van der Waals surface area contributed by atoms with Gasteiger partial charge in [-0.05, 0) is 106 Å². The predicted octanol–water partition coefficient (Wildman–Crippen LogP) is 10.3. The fraction of sp³-hybridized carbons (Fsp3) is 0.622. The van der Waals surface area contributed by atoms with Crippen molar-refractivity contribution >= 4 is 0 Å². The number of unbranched alkanes of at least 4 members (excludes halogenated alkanes) is 2. The molecule has 2 aromatic carbocycles. The van der Waals surface area contributed by atoms with Gasteiger partial charge in [0.1, 0.15) is 11.6 Å². The van der Waals surface area contributed by atoms with Gasteiger partial charge < -0.3 is 14.2 Å². The van der Waals surface area contributed by atoms with E-state index in [1.54, 1.807) is 19.1 Å². The second-order valence-corrected chi connectivity index (χ2v) is 12.9. The van der Waals surface area contributed by atoms with Crippen molar-refractivity contribution in [2.45, 2.75) is 103 Å². The van der Waals surface area contributed by atoms with E-state index in [1.807, 2.05) is 12.1 Å². The molecule has 0 aromatic heterocycles. The molecule has 0 bridgehead atoms. The van der Waals surface area contributed by atoms with E-state index < -0.39 is 17.8 Å². The molecular formula is C37H49F3O3. The number of benzene rings is 2. The number of alkyl halides is 2. The SMILES string of the molecule is CC#Cc1ccc(-c2ccc(OC(F)(F)C3CCC(C4CCC(C5OCC(CCCCC)CO5)CC4)CC3)cc2F)cc1.[HH]. The zero-order valence-corrected chi connectivity index (χ0v) is 25.8. The fourth-order valence-electron chi connectivity index (χ4n) is 7.41. The van der Waals surface area contributed by atoms with Gasteiger partial charge in [0.2, 0.25) is 0 Å². The molecule has 2 saturated carbocycles. The summed E-state index contributed by atoms with van der Waals surface area (Å²) in [7, 11) is 0. The van der Waals surface area contributed by atoms with Gasteiger partial charge in [-0.25, -0.2) is 4.39 Å². The summed E-state index contributed by atoms with van der Waals surface area (Å²) >= 11 is 0. The van der Waals surface area contributed by atoms with Crippen LogP contribution in [-0.2, 0) is 9.47 Å². The maximum absolute atomic E-state index is 15.2. The Hall–Kier alpha value is -2.49. The van der Waals surface area contributed by atoms with E-state index >= 15 is 8.78 Å². The lowest BCUT2D eigenvalue weighted by molar-refractivity contribution is -0.232. The van der Waals surface area contributed by atoms with E-state index in [2.05, 4.69) is 18.8 Å². The Morgan fingerprint density at radius 2 is 1.49 bits per heavy atom. The average Bonchev–Trinajstić information content (AvgIpc) is 3.02. The molecule has 1 aliphatic heterocycles. The first-order valence-electron chi connectivity index (χ1n) is 16.5. The second-order valence-electron chi connectivity index (χ2n) is 12.9. The molecular weight excluding hydrogens is 549 g/mol. The van der Waals surface area contributed by atoms with Crippen molar-refractivity contribution < 1.29 is 28.8 Å². The van der Waals surface area contributed by atoms with Crippen LogP contribution in [0.5, 0.6) is 5.75 Å². The average molecular weight is 599 g/mol. The topological polar surface area (TPSA) is 27.7 Å². The lowest BCUT2D eigenvalue weighted by Crippen LogP contribution is -2.40. The Morgan fingerprint density at radius 3 is 2.09 bits per heavy atom. The van der Waals surface area contributed by atoms with Gasteiger partial charge in [-0.1, -0.05) is 44.2 Å². The van der Waals surface area contributed by atoms with Crippen molar-refractivity contribution in [2.24, 2.45) is 29.6 Å². The first-order chi connectivity index (χ1) is 20.9. The summed E-state index contributed by atoms with van der Waals surface area (Å²) in [5.74, 6) is 6.24. The first kappa shape index (κ1) is 31.9. The highest BCUT2D eigenvalue weighted by atomic mass is 19.3. The highest BCUT2D eigenvalue weighted by Gasteiger charge is 2.45. The minimum Gasteiger partial charge on any atom is -0.432 e. The third-order valence-corrected chi connectivity index (χ3v) is 9.98. The van der Waals surface area contributed by atoms with Crippen molar-refractivity contribution in [1.29, 1.82) is 0 Å². The zero-order valence-electron chi connectivity index (χ0n) is 25.8. The number of rotatable bonds is 10. The zero-order chi connectivity index (χ0) is 30.2. The molecule has 3 nitrogen and oxygen atoms in total. The van der Waals surface area contributed by atoms with Crippen LogP contribution in [0.3, 0.4) is 0 Å². The van der Waals surface area contributed by atoms with Crippen molar-refractivity contribution in [3.63, 3.8) is 0 Å². The molecule has 0 N–H and O–H groups in total. The van der Waals surface area contributed by atoms with Crippen LogP contribution in [0.2, 0.25) is 0 Å². The number of hydrogen-bond acceptors (Lipinski definition) is 3. The van der Waals surface area contributed by atoms with Crippen LogP contribution >= 0.6 is 0 Å². The van der Waals surface area contributed by atoms with E-state index in [0.29, 0.717) is 47.6 Å². The molecule has 0 spiro atoms. The quantitative estimate of drug-likeness (QED) is 0.201. The van der Waals surface area contributed by atoms with Gasteiger partial charge >= 0.3 is 6.11 Å². The van der Waals surface area contributed by atoms with Gasteiger partial charge in [-0.15, -0.1) is 5.92 Å². The number of halogens is 3. The second kappa shape index (κ2) is 15.0. The van der Waals surface area contributed by atoms with Crippen LogP contribution in [0.25, 0.3) is 11.1 Å². The summed E-state index contributed by atoms with van der Waals surface area (Å²) in [4.78, 5) is 0. The third kappa shape index (κ3) is 8.37. The molecule has 0 amide bonds. The fourth-order valence-corrected chi connectivity index (χ4v) is 7.41. The maximum Gasteiger partial charge on any atom is 0.400 e. The Kier molecular flexibility index (Phi) is 11.1. The van der Waals surface area contributed by atoms with E-state index in [1.165, 1.54) is 37.8 Å². The molecule has 3 fully saturated rings. The van der Waals surface area contributed by atoms with Gasteiger partial charge in [-0.2, -0.15) is 8.78 Å². The number of hydrogen-bond donors (Lipinski definition) is 0. The van der Waals surface area contributed by atoms with Gasteiger partial charge in [0.25, 0.3) is 0 Å². The minimum absolute atomic E-state index is 0. The Labute approximate surface area is 257 Å². The van der Waals surface area contributed by atoms with Gasteiger partial charge in [0.15, 0.2) is 6.29 Å². The van der Waals surface area contributed by atoms with E-state index in [-0.39, 0.29) is 13.5 Å². The maximum atomic E-state index is 15.2. The number of ether oxygens (including phenoxy) is 3. The Balaban J connectivity index is 0.00000442. The largest absolute Gasteiger partial charge is 0.432 e. The van der Waals surface area contributed by atoms with E-state index in [0.717, 1.165) is 63.4 Å². The molecule has 5 rings (SSSR count). The molecule has 2 aliphatic carbocycles. The molecule has 0 atom stereocenters. The summed E-state index contributed by atoms with van der Waals surface area (Å²) < 4.78 is 62.8. The molecule has 0 radical (unpaired) electrons. The van der Waals surface area contributed by atoms with Crippen molar-refractivity contribution in [3.05, 3.63) is 53.8 Å². The van der Waals surface area contributed by atoms with Crippen LogP contribution < -0.4 is 4.74 Å². The standard InChI is InChI=1S/C37H47F3O3.H2/c1-3-5-6-8-27-24-41-36(42-25-27)31-15-13-28(14-16-31)29-17-19-32(20-18-29)37(39,40)43-33-21-22-34(35(38)23-33)30-11-9-26(7-4-2)10-12-30;/h9-12,21-23,27-29,31-32,36H,3,5-6,8,13-20,24-25H2,1-2H3;1H. The summed E-state index contributed by atoms with van der Waals surface area (Å²) in [6.45, 7) is 5.61. The minimum atomic E-state index is -3.33. The highest BCUT2D eigenvalue weighted by molar-refractivity contribution is 5.66. The van der Waals surface area contributed by atoms with Gasteiger partial charge in [0.05, 0.1) is 19.1 Å². The molecule has 0 unspecified atom stereocenters. The molecule has 43 heavy (non-hydrogen) atoms. The van der Waals surface area contributed by atoms with Crippen molar-refractivity contribution in [3.8, 4) is 28.7 Å². The van der Waals surface area contributed by atoms with Crippen molar-refractivity contribution in [1.82, 2.24) is 0 Å². The van der Waals surface area contributed by atoms with Crippen LogP contribution in [-0.4, -0.2) is 25.6 Å². The summed E-state index contributed by atoms with van der Waals surface area (Å²) in [5, 5.41) is 0. The molecule has 236 valence electrons. The molecule has 1 heterocycles. The van der Waals surface area contributed by atoms with Gasteiger partial charge in [-0.3, -0.25) is 0 Å². The van der Waals surface area contributed by atoms with Crippen LogP contribution in [0, 0.1) is 47.2 Å². The summed E-state index contributed by atoms with van der Waals surface area (Å²) in [5.41, 5.74) is 1.84. The molecule has 6 heteroatoms. The molecule has 3 aliphatic rings. The monoisotopic (exact) mass is 598 g/mol. The summed E-state index contributed by atoms with van der Waals surface area (Å²) in [6, 6.07) is 11.2. The van der Waals surface area contributed by atoms with E-state index in [4.69, 9.17) is 14.2 Å². The predicted molar refractivity (Wildman–Crippen MR) is 166 cm³/mol. The summed E-state index contributed by atoms with van der Waals surface area (Å²) in [6.07, 6.45) is 8.41. The lowest BCUT2D eigenvalue weighted by atomic mass is 9.69. The molecule has 1 saturated heterocycles.